The summed E-state index contributed by atoms with van der Waals surface area (Å²) >= 11 is 0. The minimum Gasteiger partial charge on any atom is -0.355 e. The summed E-state index contributed by atoms with van der Waals surface area (Å²) in [5.74, 6) is 0.917. The Balaban J connectivity index is 1.63. The van der Waals surface area contributed by atoms with Gasteiger partial charge >= 0.3 is 0 Å². The van der Waals surface area contributed by atoms with Crippen LogP contribution in [0.3, 0.4) is 0 Å². The lowest BCUT2D eigenvalue weighted by molar-refractivity contribution is -0.115. The minimum atomic E-state index is 0.0142. The number of rotatable bonds is 5. The number of pyridine rings is 1. The van der Waals surface area contributed by atoms with Crippen molar-refractivity contribution in [2.45, 2.75) is 31.7 Å². The van der Waals surface area contributed by atoms with Gasteiger partial charge in [0.05, 0.1) is 12.2 Å². The van der Waals surface area contributed by atoms with Gasteiger partial charge in [-0.1, -0.05) is 0 Å². The Morgan fingerprint density at radius 1 is 1.37 bits per heavy atom. The zero-order valence-electron chi connectivity index (χ0n) is 11.1. The van der Waals surface area contributed by atoms with Crippen LogP contribution in [0.1, 0.15) is 25.7 Å². The predicted molar refractivity (Wildman–Crippen MR) is 75.3 cm³/mol. The van der Waals surface area contributed by atoms with E-state index in [1.807, 2.05) is 12.1 Å². The summed E-state index contributed by atoms with van der Waals surface area (Å²) < 4.78 is 0. The van der Waals surface area contributed by atoms with E-state index in [2.05, 4.69) is 20.5 Å². The second kappa shape index (κ2) is 5.57. The van der Waals surface area contributed by atoms with Crippen LogP contribution in [0.4, 0.5) is 11.5 Å². The predicted octanol–water partition coefficient (Wildman–Crippen LogP) is 1.37. The van der Waals surface area contributed by atoms with Crippen LogP contribution >= 0.6 is 0 Å². The molecule has 1 aromatic rings. The van der Waals surface area contributed by atoms with Gasteiger partial charge in [0, 0.05) is 25.3 Å². The van der Waals surface area contributed by atoms with Gasteiger partial charge in [0.15, 0.2) is 5.82 Å². The van der Waals surface area contributed by atoms with Crippen LogP contribution in [0.15, 0.2) is 18.3 Å². The average molecular weight is 260 g/mol. The summed E-state index contributed by atoms with van der Waals surface area (Å²) in [5.41, 5.74) is 0.826. The number of aromatic nitrogens is 1. The van der Waals surface area contributed by atoms with Crippen LogP contribution in [0, 0.1) is 0 Å². The maximum atomic E-state index is 11.9. The molecule has 5 nitrogen and oxygen atoms in total. The van der Waals surface area contributed by atoms with Crippen molar-refractivity contribution >= 4 is 17.4 Å². The molecule has 19 heavy (non-hydrogen) atoms. The number of carbonyl (C=O) groups excluding carboxylic acids is 1. The van der Waals surface area contributed by atoms with E-state index < -0.39 is 0 Å². The second-order valence-electron chi connectivity index (χ2n) is 5.27. The molecule has 0 radical (unpaired) electrons. The Morgan fingerprint density at radius 3 is 2.89 bits per heavy atom. The van der Waals surface area contributed by atoms with Crippen molar-refractivity contribution in [1.82, 2.24) is 10.3 Å². The van der Waals surface area contributed by atoms with Gasteiger partial charge < -0.3 is 15.5 Å². The zero-order chi connectivity index (χ0) is 13.1. The maximum absolute atomic E-state index is 11.9. The molecule has 1 aliphatic heterocycles. The molecule has 2 heterocycles. The number of amides is 1. The fourth-order valence-corrected chi connectivity index (χ4v) is 2.39. The highest BCUT2D eigenvalue weighted by atomic mass is 16.1. The SMILES string of the molecule is O=C(CNC1CC1)Nc1cccnc1N1CCCC1. The molecule has 1 saturated heterocycles. The quantitative estimate of drug-likeness (QED) is 0.839. The van der Waals surface area contributed by atoms with E-state index in [9.17, 15) is 4.79 Å². The normalized spacial score (nSPS) is 18.6. The van der Waals surface area contributed by atoms with E-state index in [1.54, 1.807) is 6.20 Å². The number of nitrogens with one attached hydrogen (secondary N) is 2. The Bertz CT molecular complexity index is 453. The van der Waals surface area contributed by atoms with E-state index in [0.29, 0.717) is 12.6 Å². The van der Waals surface area contributed by atoms with Gasteiger partial charge in [-0.2, -0.15) is 0 Å². The molecule has 1 aromatic heterocycles. The van der Waals surface area contributed by atoms with Crippen LogP contribution < -0.4 is 15.5 Å². The van der Waals surface area contributed by atoms with E-state index >= 15 is 0 Å². The van der Waals surface area contributed by atoms with Crippen molar-refractivity contribution in [2.75, 3.05) is 29.9 Å². The summed E-state index contributed by atoms with van der Waals surface area (Å²) in [7, 11) is 0. The molecule has 2 N–H and O–H groups in total. The van der Waals surface area contributed by atoms with Gasteiger partial charge in [0.2, 0.25) is 5.91 Å². The second-order valence-corrected chi connectivity index (χ2v) is 5.27. The first-order chi connectivity index (χ1) is 9.33. The lowest BCUT2D eigenvalue weighted by atomic mass is 10.3. The standard InChI is InChI=1S/C14H20N4O/c19-13(10-16-11-5-6-11)17-12-4-3-7-15-14(12)18-8-1-2-9-18/h3-4,7,11,16H,1-2,5-6,8-10H2,(H,17,19). The van der Waals surface area contributed by atoms with Crippen LogP contribution in [-0.2, 0) is 4.79 Å². The molecule has 1 saturated carbocycles. The lowest BCUT2D eigenvalue weighted by Gasteiger charge is -2.20. The van der Waals surface area contributed by atoms with Crippen molar-refractivity contribution in [3.8, 4) is 0 Å². The van der Waals surface area contributed by atoms with Crippen molar-refractivity contribution in [2.24, 2.45) is 0 Å². The van der Waals surface area contributed by atoms with E-state index in [1.165, 1.54) is 25.7 Å². The maximum Gasteiger partial charge on any atom is 0.238 e. The molecule has 5 heteroatoms. The molecule has 0 bridgehead atoms. The first-order valence-electron chi connectivity index (χ1n) is 7.06. The van der Waals surface area contributed by atoms with Crippen molar-refractivity contribution in [1.29, 1.82) is 0 Å². The van der Waals surface area contributed by atoms with Crippen LogP contribution in [0.25, 0.3) is 0 Å². The summed E-state index contributed by atoms with van der Waals surface area (Å²) in [6.07, 6.45) is 6.57. The first kappa shape index (κ1) is 12.4. The molecule has 0 unspecified atom stereocenters. The number of hydrogen-bond acceptors (Lipinski definition) is 4. The van der Waals surface area contributed by atoms with Gasteiger partial charge in [-0.3, -0.25) is 4.79 Å². The molecule has 1 aliphatic carbocycles. The highest BCUT2D eigenvalue weighted by Gasteiger charge is 2.22. The summed E-state index contributed by atoms with van der Waals surface area (Å²) in [5, 5.41) is 6.18. The molecular weight excluding hydrogens is 240 g/mol. The first-order valence-corrected chi connectivity index (χ1v) is 7.06. The summed E-state index contributed by atoms with van der Waals surface area (Å²) in [4.78, 5) is 18.5. The Hall–Kier alpha value is -1.62. The zero-order valence-corrected chi connectivity index (χ0v) is 11.1. The van der Waals surface area contributed by atoms with E-state index in [4.69, 9.17) is 0 Å². The van der Waals surface area contributed by atoms with Gasteiger partial charge in [-0.25, -0.2) is 4.98 Å². The van der Waals surface area contributed by atoms with Crippen LogP contribution in [0.5, 0.6) is 0 Å². The van der Waals surface area contributed by atoms with Crippen LogP contribution in [0.2, 0.25) is 0 Å². The summed E-state index contributed by atoms with van der Waals surface area (Å²) in [6.45, 7) is 2.44. The highest BCUT2D eigenvalue weighted by molar-refractivity contribution is 5.95. The van der Waals surface area contributed by atoms with Crippen molar-refractivity contribution in [3.63, 3.8) is 0 Å². The van der Waals surface area contributed by atoms with Gasteiger partial charge in [0.25, 0.3) is 0 Å². The average Bonchev–Trinajstić information content (AvgIpc) is 3.10. The highest BCUT2D eigenvalue weighted by Crippen LogP contribution is 2.26. The molecule has 3 rings (SSSR count). The van der Waals surface area contributed by atoms with E-state index in [-0.39, 0.29) is 5.91 Å². The molecule has 0 spiro atoms. The topological polar surface area (TPSA) is 57.3 Å². The smallest absolute Gasteiger partial charge is 0.238 e. The third-order valence-electron chi connectivity index (χ3n) is 3.60. The largest absolute Gasteiger partial charge is 0.355 e. The number of nitrogens with zero attached hydrogens (tertiary/aromatic N) is 2. The fraction of sp³-hybridized carbons (Fsp3) is 0.571. The number of anilines is 2. The molecule has 1 amide bonds. The number of hydrogen-bond donors (Lipinski definition) is 2. The van der Waals surface area contributed by atoms with Gasteiger partial charge in [0.1, 0.15) is 0 Å². The van der Waals surface area contributed by atoms with Gasteiger partial charge in [-0.15, -0.1) is 0 Å². The van der Waals surface area contributed by atoms with E-state index in [0.717, 1.165) is 24.6 Å². The minimum absolute atomic E-state index is 0.0142. The number of carbonyl (C=O) groups is 1. The van der Waals surface area contributed by atoms with Crippen LogP contribution in [-0.4, -0.2) is 36.6 Å². The monoisotopic (exact) mass is 260 g/mol. The third kappa shape index (κ3) is 3.23. The molecule has 0 atom stereocenters. The summed E-state index contributed by atoms with van der Waals surface area (Å²) in [6, 6.07) is 4.34. The van der Waals surface area contributed by atoms with Crippen molar-refractivity contribution in [3.05, 3.63) is 18.3 Å². The molecule has 2 fully saturated rings. The molecular formula is C14H20N4O. The fourth-order valence-electron chi connectivity index (χ4n) is 2.39. The Kier molecular flexibility index (Phi) is 3.64. The Morgan fingerprint density at radius 2 is 2.16 bits per heavy atom. The molecule has 2 aliphatic rings. The Labute approximate surface area is 113 Å². The molecule has 0 aromatic carbocycles. The van der Waals surface area contributed by atoms with Gasteiger partial charge in [-0.05, 0) is 37.8 Å². The molecule has 102 valence electrons. The third-order valence-corrected chi connectivity index (χ3v) is 3.60. The lowest BCUT2D eigenvalue weighted by Crippen LogP contribution is -2.30. The van der Waals surface area contributed by atoms with Crippen molar-refractivity contribution < 1.29 is 4.79 Å².